The number of phenols is 1. The van der Waals surface area contributed by atoms with Gasteiger partial charge in [0.25, 0.3) is 0 Å². The van der Waals surface area contributed by atoms with Crippen molar-refractivity contribution in [2.45, 2.75) is 25.4 Å². The van der Waals surface area contributed by atoms with Crippen LogP contribution in [-0.4, -0.2) is 27.3 Å². The van der Waals surface area contributed by atoms with Crippen LogP contribution in [0.3, 0.4) is 0 Å². The number of hydrogen-bond acceptors (Lipinski definition) is 3. The normalized spacial score (nSPS) is 12.9. The molecule has 24 heavy (non-hydrogen) atoms. The first-order chi connectivity index (χ1) is 11.5. The molecule has 0 saturated heterocycles. The fourth-order valence-electron chi connectivity index (χ4n) is 2.32. The van der Waals surface area contributed by atoms with Gasteiger partial charge in [0.2, 0.25) is 0 Å². The van der Waals surface area contributed by atoms with Crippen LogP contribution >= 0.6 is 12.2 Å². The third-order valence-electron chi connectivity index (χ3n) is 3.60. The van der Waals surface area contributed by atoms with Crippen LogP contribution in [0.2, 0.25) is 0 Å². The largest absolute Gasteiger partial charge is 0.508 e. The van der Waals surface area contributed by atoms with E-state index in [9.17, 15) is 15.0 Å². The minimum absolute atomic E-state index is 0.164. The standard InChI is InChI=1S/C18H20N2O3S/c1-12(14-8-5-9-15(21)11-14)19-18(24)20-16(17(22)23)10-13-6-3-2-4-7-13/h2-9,11-12,16,21H,10H2,1H3,(H,22,23)(H2,19,20,24)/t12-,16+/m1/s1. The van der Waals surface area contributed by atoms with Gasteiger partial charge in [-0.2, -0.15) is 0 Å². The van der Waals surface area contributed by atoms with Gasteiger partial charge in [0.1, 0.15) is 11.8 Å². The molecule has 0 spiro atoms. The molecule has 6 heteroatoms. The van der Waals surface area contributed by atoms with E-state index in [1.807, 2.05) is 43.3 Å². The van der Waals surface area contributed by atoms with Crippen molar-refractivity contribution >= 4 is 23.3 Å². The van der Waals surface area contributed by atoms with Gasteiger partial charge in [0.15, 0.2) is 5.11 Å². The van der Waals surface area contributed by atoms with Crippen molar-refractivity contribution in [1.29, 1.82) is 0 Å². The smallest absolute Gasteiger partial charge is 0.326 e. The molecule has 0 aliphatic rings. The highest BCUT2D eigenvalue weighted by Gasteiger charge is 2.19. The molecule has 0 unspecified atom stereocenters. The van der Waals surface area contributed by atoms with Gasteiger partial charge in [-0.05, 0) is 42.4 Å². The number of benzene rings is 2. The molecular formula is C18H20N2O3S. The number of thiocarbonyl (C=S) groups is 1. The predicted octanol–water partition coefficient (Wildman–Crippen LogP) is 2.61. The quantitative estimate of drug-likeness (QED) is 0.603. The van der Waals surface area contributed by atoms with E-state index in [-0.39, 0.29) is 16.9 Å². The van der Waals surface area contributed by atoms with Crippen LogP contribution in [0.15, 0.2) is 54.6 Å². The molecule has 5 nitrogen and oxygen atoms in total. The third-order valence-corrected chi connectivity index (χ3v) is 3.84. The lowest BCUT2D eigenvalue weighted by Gasteiger charge is -2.21. The minimum Gasteiger partial charge on any atom is -0.508 e. The maximum atomic E-state index is 11.5. The molecular weight excluding hydrogens is 324 g/mol. The molecule has 0 amide bonds. The van der Waals surface area contributed by atoms with Crippen LogP contribution in [-0.2, 0) is 11.2 Å². The Balaban J connectivity index is 1.96. The van der Waals surface area contributed by atoms with Gasteiger partial charge in [-0.3, -0.25) is 0 Å². The van der Waals surface area contributed by atoms with E-state index in [0.29, 0.717) is 6.42 Å². The molecule has 4 N–H and O–H groups in total. The van der Waals surface area contributed by atoms with Crippen LogP contribution in [0, 0.1) is 0 Å². The zero-order valence-corrected chi connectivity index (χ0v) is 14.1. The topological polar surface area (TPSA) is 81.6 Å². The summed E-state index contributed by atoms with van der Waals surface area (Å²) in [6.07, 6.45) is 0.332. The van der Waals surface area contributed by atoms with Gasteiger partial charge < -0.3 is 20.8 Å². The van der Waals surface area contributed by atoms with Gasteiger partial charge >= 0.3 is 5.97 Å². The van der Waals surface area contributed by atoms with E-state index in [1.165, 1.54) is 0 Å². The Morgan fingerprint density at radius 3 is 2.46 bits per heavy atom. The van der Waals surface area contributed by atoms with E-state index >= 15 is 0 Å². The molecule has 0 heterocycles. The number of carboxylic acid groups (broad SMARTS) is 1. The summed E-state index contributed by atoms with van der Waals surface area (Å²) >= 11 is 5.23. The van der Waals surface area contributed by atoms with Gasteiger partial charge in [0.05, 0.1) is 6.04 Å². The average molecular weight is 344 g/mol. The zero-order chi connectivity index (χ0) is 17.5. The Kier molecular flexibility index (Phi) is 6.14. The van der Waals surface area contributed by atoms with Gasteiger partial charge in [-0.1, -0.05) is 42.5 Å². The van der Waals surface area contributed by atoms with E-state index in [0.717, 1.165) is 11.1 Å². The average Bonchev–Trinajstić information content (AvgIpc) is 2.55. The molecule has 0 bridgehead atoms. The van der Waals surface area contributed by atoms with Crippen molar-refractivity contribution in [1.82, 2.24) is 10.6 Å². The number of aromatic hydroxyl groups is 1. The lowest BCUT2D eigenvalue weighted by Crippen LogP contribution is -2.47. The number of carboxylic acids is 1. The maximum Gasteiger partial charge on any atom is 0.326 e. The number of nitrogens with one attached hydrogen (secondary N) is 2. The second-order valence-electron chi connectivity index (χ2n) is 5.52. The highest BCUT2D eigenvalue weighted by atomic mass is 32.1. The first-order valence-electron chi connectivity index (χ1n) is 7.58. The minimum atomic E-state index is -0.965. The monoisotopic (exact) mass is 344 g/mol. The first kappa shape index (κ1) is 17.7. The summed E-state index contributed by atoms with van der Waals surface area (Å²) in [5, 5.41) is 25.0. The molecule has 2 atom stereocenters. The molecule has 0 aromatic heterocycles. The lowest BCUT2D eigenvalue weighted by molar-refractivity contribution is -0.139. The van der Waals surface area contributed by atoms with Crippen molar-refractivity contribution in [3.05, 3.63) is 65.7 Å². The number of aliphatic carboxylic acids is 1. The van der Waals surface area contributed by atoms with Crippen molar-refractivity contribution < 1.29 is 15.0 Å². The van der Waals surface area contributed by atoms with Crippen LogP contribution in [0.5, 0.6) is 5.75 Å². The summed E-state index contributed by atoms with van der Waals surface area (Å²) in [5.74, 6) is -0.791. The van der Waals surface area contributed by atoms with Crippen LogP contribution in [0.4, 0.5) is 0 Å². The summed E-state index contributed by atoms with van der Waals surface area (Å²) in [4.78, 5) is 11.5. The Labute approximate surface area is 146 Å². The van der Waals surface area contributed by atoms with Gasteiger partial charge in [0, 0.05) is 6.42 Å². The fraction of sp³-hybridized carbons (Fsp3) is 0.222. The van der Waals surface area contributed by atoms with E-state index in [1.54, 1.807) is 18.2 Å². The number of hydrogen-bond donors (Lipinski definition) is 4. The Hall–Kier alpha value is -2.60. The predicted molar refractivity (Wildman–Crippen MR) is 97.0 cm³/mol. The maximum absolute atomic E-state index is 11.5. The van der Waals surface area contributed by atoms with Crippen molar-refractivity contribution in [3.8, 4) is 5.75 Å². The van der Waals surface area contributed by atoms with Crippen molar-refractivity contribution in [2.75, 3.05) is 0 Å². The van der Waals surface area contributed by atoms with Crippen molar-refractivity contribution in [2.24, 2.45) is 0 Å². The molecule has 2 aromatic carbocycles. The van der Waals surface area contributed by atoms with E-state index < -0.39 is 12.0 Å². The summed E-state index contributed by atoms with van der Waals surface area (Å²) in [5.41, 5.74) is 1.77. The Bertz CT molecular complexity index is 706. The summed E-state index contributed by atoms with van der Waals surface area (Å²) in [7, 11) is 0. The highest BCUT2D eigenvalue weighted by molar-refractivity contribution is 7.80. The Morgan fingerprint density at radius 1 is 1.12 bits per heavy atom. The highest BCUT2D eigenvalue weighted by Crippen LogP contribution is 2.17. The third kappa shape index (κ3) is 5.24. The van der Waals surface area contributed by atoms with Crippen LogP contribution < -0.4 is 10.6 Å². The number of rotatable bonds is 6. The number of carbonyl (C=O) groups is 1. The molecule has 126 valence electrons. The van der Waals surface area contributed by atoms with E-state index in [2.05, 4.69) is 10.6 Å². The molecule has 0 aliphatic heterocycles. The van der Waals surface area contributed by atoms with Gasteiger partial charge in [-0.25, -0.2) is 4.79 Å². The number of phenolic OH excluding ortho intramolecular Hbond substituents is 1. The molecule has 2 aromatic rings. The Morgan fingerprint density at radius 2 is 1.83 bits per heavy atom. The molecule has 0 fully saturated rings. The summed E-state index contributed by atoms with van der Waals surface area (Å²) in [6.45, 7) is 1.88. The summed E-state index contributed by atoms with van der Waals surface area (Å²) < 4.78 is 0. The fourth-order valence-corrected chi connectivity index (χ4v) is 2.64. The van der Waals surface area contributed by atoms with Crippen molar-refractivity contribution in [3.63, 3.8) is 0 Å². The molecule has 0 saturated carbocycles. The second kappa shape index (κ2) is 8.31. The summed E-state index contributed by atoms with van der Waals surface area (Å²) in [6, 6.07) is 15.2. The van der Waals surface area contributed by atoms with E-state index in [4.69, 9.17) is 12.2 Å². The van der Waals surface area contributed by atoms with Crippen LogP contribution in [0.25, 0.3) is 0 Å². The molecule has 0 radical (unpaired) electrons. The van der Waals surface area contributed by atoms with Crippen LogP contribution in [0.1, 0.15) is 24.1 Å². The lowest BCUT2D eigenvalue weighted by atomic mass is 10.1. The first-order valence-corrected chi connectivity index (χ1v) is 7.99. The molecule has 2 rings (SSSR count). The SMILES string of the molecule is C[C@@H](NC(=S)N[C@@H](Cc1ccccc1)C(=O)O)c1cccc(O)c1. The molecule has 0 aliphatic carbocycles. The van der Waals surface area contributed by atoms with Gasteiger partial charge in [-0.15, -0.1) is 0 Å². The second-order valence-corrected chi connectivity index (χ2v) is 5.92. The zero-order valence-electron chi connectivity index (χ0n) is 13.3.